The fourth-order valence-corrected chi connectivity index (χ4v) is 5.60. The van der Waals surface area contributed by atoms with E-state index in [9.17, 15) is 22.0 Å². The van der Waals surface area contributed by atoms with Gasteiger partial charge in [-0.25, -0.2) is 13.8 Å². The molecule has 0 amide bonds. The zero-order valence-electron chi connectivity index (χ0n) is 18.3. The molecule has 0 radical (unpaired) electrons. The van der Waals surface area contributed by atoms with Crippen molar-refractivity contribution in [2.24, 2.45) is 11.8 Å². The first-order chi connectivity index (χ1) is 16.2. The molecule has 0 spiro atoms. The van der Waals surface area contributed by atoms with E-state index < -0.39 is 30.9 Å². The lowest BCUT2D eigenvalue weighted by atomic mass is 10.0. The summed E-state index contributed by atoms with van der Waals surface area (Å²) in [4.78, 5) is 6.24. The maximum absolute atomic E-state index is 13.3. The predicted octanol–water partition coefficient (Wildman–Crippen LogP) is 3.91. The van der Waals surface area contributed by atoms with Crippen LogP contribution in [0.3, 0.4) is 0 Å². The molecule has 2 atom stereocenters. The fourth-order valence-electron chi connectivity index (χ4n) is 5.60. The average Bonchev–Trinajstić information content (AvgIpc) is 3.14. The minimum absolute atomic E-state index is 0.118. The largest absolute Gasteiger partial charge is 0.573 e. The maximum Gasteiger partial charge on any atom is 0.573 e. The lowest BCUT2D eigenvalue weighted by Crippen LogP contribution is -2.36. The highest BCUT2D eigenvalue weighted by Gasteiger charge is 2.58. The van der Waals surface area contributed by atoms with Gasteiger partial charge in [-0.15, -0.1) is 13.2 Å². The number of halogens is 5. The third kappa shape index (κ3) is 4.83. The molecule has 12 heteroatoms. The second kappa shape index (κ2) is 8.95. The van der Waals surface area contributed by atoms with Gasteiger partial charge in [-0.2, -0.15) is 5.10 Å². The first-order valence-electron chi connectivity index (χ1n) is 11.4. The summed E-state index contributed by atoms with van der Waals surface area (Å²) in [5.41, 5.74) is 6.68. The third-order valence-corrected chi connectivity index (χ3v) is 7.06. The van der Waals surface area contributed by atoms with E-state index in [2.05, 4.69) is 19.7 Å². The molecule has 1 aliphatic heterocycles. The van der Waals surface area contributed by atoms with Gasteiger partial charge in [0.05, 0.1) is 12.3 Å². The number of pyridine rings is 1. The van der Waals surface area contributed by atoms with Gasteiger partial charge in [0.25, 0.3) is 6.43 Å². The molecule has 3 aliphatic rings. The summed E-state index contributed by atoms with van der Waals surface area (Å²) in [5.74, 6) is -0.169. The number of hydrogen-bond acceptors (Lipinski definition) is 6. The minimum atomic E-state index is -4.93. The van der Waals surface area contributed by atoms with Crippen molar-refractivity contribution < 1.29 is 31.4 Å². The molecule has 0 bridgehead atoms. The van der Waals surface area contributed by atoms with Crippen molar-refractivity contribution in [2.45, 2.75) is 50.6 Å². The first-order valence-corrected chi connectivity index (χ1v) is 11.4. The SMILES string of the molecule is Nc1ncc(-c2cc(C3C4CC(N5CCCOCC5)CC43)n(CC(F)F)n2)cc1OC(F)(F)F. The number of nitrogens with zero attached hydrogens (tertiary/aromatic N) is 4. The third-order valence-electron chi connectivity index (χ3n) is 7.06. The number of nitrogen functional groups attached to an aromatic ring is 1. The summed E-state index contributed by atoms with van der Waals surface area (Å²) in [6.45, 7) is 2.86. The zero-order valence-corrected chi connectivity index (χ0v) is 18.3. The standard InChI is InChI=1S/C22H26F5N5O2/c23-19(24)11-32-17(20-14-7-13(8-15(14)20)31-2-1-4-33-5-3-31)9-16(30-32)12-6-18(21(28)29-10-12)34-22(25,26)27/h6,9-10,13-15,19-20H,1-5,7-8,11H2,(H2,28,29). The van der Waals surface area contributed by atoms with Crippen molar-refractivity contribution in [1.82, 2.24) is 19.7 Å². The number of ether oxygens (including phenoxy) is 2. The molecule has 5 rings (SSSR count). The Morgan fingerprint density at radius 2 is 1.91 bits per heavy atom. The molecule has 2 aromatic rings. The monoisotopic (exact) mass is 487 g/mol. The summed E-state index contributed by atoms with van der Waals surface area (Å²) >= 11 is 0. The molecule has 0 aromatic carbocycles. The highest BCUT2D eigenvalue weighted by atomic mass is 19.4. The Morgan fingerprint density at radius 1 is 1.15 bits per heavy atom. The van der Waals surface area contributed by atoms with Crippen molar-refractivity contribution in [3.8, 4) is 17.0 Å². The van der Waals surface area contributed by atoms with E-state index in [-0.39, 0.29) is 17.2 Å². The molecular weight excluding hydrogens is 461 g/mol. The summed E-state index contributed by atoms with van der Waals surface area (Å²) in [7, 11) is 0. The Labute approximate surface area is 193 Å². The Morgan fingerprint density at radius 3 is 2.62 bits per heavy atom. The van der Waals surface area contributed by atoms with Crippen molar-refractivity contribution in [3.63, 3.8) is 0 Å². The molecule has 1 saturated heterocycles. The van der Waals surface area contributed by atoms with Gasteiger partial charge >= 0.3 is 6.36 Å². The van der Waals surface area contributed by atoms with Crippen LogP contribution in [0.5, 0.6) is 5.75 Å². The van der Waals surface area contributed by atoms with E-state index in [1.54, 1.807) is 6.07 Å². The predicted molar refractivity (Wildman–Crippen MR) is 112 cm³/mol. The number of rotatable bonds is 6. The van der Waals surface area contributed by atoms with Gasteiger partial charge in [0.15, 0.2) is 11.6 Å². The molecular formula is C22H26F5N5O2. The van der Waals surface area contributed by atoms with E-state index >= 15 is 0 Å². The van der Waals surface area contributed by atoms with E-state index in [1.165, 1.54) is 10.9 Å². The first kappa shape index (κ1) is 23.3. The molecule has 2 saturated carbocycles. The highest BCUT2D eigenvalue weighted by molar-refractivity contribution is 5.64. The van der Waals surface area contributed by atoms with Crippen LogP contribution in [0.25, 0.3) is 11.3 Å². The average molecular weight is 487 g/mol. The maximum atomic E-state index is 13.3. The quantitative estimate of drug-likeness (QED) is 0.623. The van der Waals surface area contributed by atoms with Gasteiger partial charge in [-0.1, -0.05) is 0 Å². The highest BCUT2D eigenvalue weighted by Crippen LogP contribution is 2.64. The van der Waals surface area contributed by atoms with Crippen LogP contribution >= 0.6 is 0 Å². The normalized spacial score (nSPS) is 27.6. The fraction of sp³-hybridized carbons (Fsp3) is 0.636. The van der Waals surface area contributed by atoms with Crippen LogP contribution in [-0.2, 0) is 11.3 Å². The molecule has 186 valence electrons. The van der Waals surface area contributed by atoms with Crippen LogP contribution in [0.2, 0.25) is 0 Å². The van der Waals surface area contributed by atoms with Crippen LogP contribution in [0.15, 0.2) is 18.3 Å². The summed E-state index contributed by atoms with van der Waals surface area (Å²) < 4.78 is 75.4. The van der Waals surface area contributed by atoms with Crippen LogP contribution in [0.1, 0.15) is 30.9 Å². The second-order valence-corrected chi connectivity index (χ2v) is 9.16. The number of aromatic nitrogens is 3. The molecule has 2 N–H and O–H groups in total. The Bertz CT molecular complexity index is 1010. The lowest BCUT2D eigenvalue weighted by molar-refractivity contribution is -0.274. The van der Waals surface area contributed by atoms with Gasteiger partial charge < -0.3 is 15.2 Å². The van der Waals surface area contributed by atoms with Gasteiger partial charge in [-0.05, 0) is 43.2 Å². The van der Waals surface area contributed by atoms with E-state index in [1.807, 2.05) is 0 Å². The van der Waals surface area contributed by atoms with Gasteiger partial charge in [0, 0.05) is 49.1 Å². The van der Waals surface area contributed by atoms with Crippen LogP contribution in [-0.4, -0.2) is 64.8 Å². The molecule has 2 aliphatic carbocycles. The number of nitrogens with two attached hydrogens (primary N) is 1. The number of anilines is 1. The molecule has 3 heterocycles. The van der Waals surface area contributed by atoms with E-state index in [4.69, 9.17) is 10.5 Å². The summed E-state index contributed by atoms with van der Waals surface area (Å²) in [5, 5.41) is 4.29. The molecule has 2 unspecified atom stereocenters. The van der Waals surface area contributed by atoms with Gasteiger partial charge in [0.2, 0.25) is 0 Å². The number of fused-ring (bicyclic) bond motifs is 1. The van der Waals surface area contributed by atoms with Crippen molar-refractivity contribution in [2.75, 3.05) is 32.0 Å². The second-order valence-electron chi connectivity index (χ2n) is 9.16. The van der Waals surface area contributed by atoms with Crippen LogP contribution in [0.4, 0.5) is 27.8 Å². The van der Waals surface area contributed by atoms with Crippen LogP contribution < -0.4 is 10.5 Å². The van der Waals surface area contributed by atoms with E-state index in [0.29, 0.717) is 23.6 Å². The van der Waals surface area contributed by atoms with Gasteiger partial charge in [-0.3, -0.25) is 9.58 Å². The zero-order chi connectivity index (χ0) is 24.0. The topological polar surface area (TPSA) is 78.4 Å². The minimum Gasteiger partial charge on any atom is -0.402 e. The molecule has 3 fully saturated rings. The number of alkyl halides is 5. The summed E-state index contributed by atoms with van der Waals surface area (Å²) in [6, 6.07) is 3.24. The molecule has 7 nitrogen and oxygen atoms in total. The van der Waals surface area contributed by atoms with Crippen molar-refractivity contribution in [1.29, 1.82) is 0 Å². The molecule has 34 heavy (non-hydrogen) atoms. The number of hydrogen-bond donors (Lipinski definition) is 1. The Balaban J connectivity index is 1.36. The smallest absolute Gasteiger partial charge is 0.402 e. The van der Waals surface area contributed by atoms with Crippen molar-refractivity contribution in [3.05, 3.63) is 24.0 Å². The Hall–Kier alpha value is -2.47. The Kier molecular flexibility index (Phi) is 6.13. The molecule has 2 aromatic heterocycles. The lowest BCUT2D eigenvalue weighted by Gasteiger charge is -2.28. The summed E-state index contributed by atoms with van der Waals surface area (Å²) in [6.07, 6.45) is -3.27. The van der Waals surface area contributed by atoms with E-state index in [0.717, 1.165) is 51.6 Å². The van der Waals surface area contributed by atoms with Crippen molar-refractivity contribution >= 4 is 5.82 Å². The van der Waals surface area contributed by atoms with Gasteiger partial charge in [0.1, 0.15) is 6.54 Å². The van der Waals surface area contributed by atoms with Crippen LogP contribution in [0, 0.1) is 11.8 Å².